The number of likely N-dealkylation sites (tertiary alicyclic amines) is 2. The van der Waals surface area contributed by atoms with E-state index >= 15 is 4.79 Å². The number of nitrogens with one attached hydrogen (secondary N) is 1. The number of hydrogen-bond acceptors (Lipinski definition) is 8. The number of anilines is 1. The summed E-state index contributed by atoms with van der Waals surface area (Å²) in [7, 11) is 3.74. The number of alkyl halides is 2. The molecule has 15 heteroatoms. The summed E-state index contributed by atoms with van der Waals surface area (Å²) in [6, 6.07) is 30.1. The number of fused-ring (bicyclic) bond motifs is 2. The zero-order chi connectivity index (χ0) is 51.8. The van der Waals surface area contributed by atoms with Crippen molar-refractivity contribution in [3.8, 4) is 40.0 Å². The topological polar surface area (TPSA) is 139 Å². The first kappa shape index (κ1) is 50.3. The number of amides is 3. The van der Waals surface area contributed by atoms with Gasteiger partial charge in [0.15, 0.2) is 0 Å². The maximum atomic E-state index is 16.0. The van der Waals surface area contributed by atoms with Crippen molar-refractivity contribution in [2.45, 2.75) is 83.8 Å². The Morgan fingerprint density at radius 1 is 0.811 bits per heavy atom. The second kappa shape index (κ2) is 20.9. The number of nitrogens with zero attached hydrogens (tertiary/aromatic N) is 7. The van der Waals surface area contributed by atoms with Crippen LogP contribution in [0.2, 0.25) is 0 Å². The van der Waals surface area contributed by atoms with Gasteiger partial charge in [0.2, 0.25) is 5.91 Å². The second-order valence-corrected chi connectivity index (χ2v) is 20.6. The number of carbonyl (C=O) groups is 3. The molecule has 384 valence electrons. The molecular weight excluding hydrogens is 939 g/mol. The number of hydrogen-bond donors (Lipinski definition) is 2. The van der Waals surface area contributed by atoms with Gasteiger partial charge in [0.05, 0.1) is 24.2 Å². The Bertz CT molecular complexity index is 3150. The Kier molecular flexibility index (Phi) is 14.2. The fraction of sp³-hybridized carbons (Fsp3) is 0.390. The third-order valence-corrected chi connectivity index (χ3v) is 15.9. The lowest BCUT2D eigenvalue weighted by Gasteiger charge is -2.41. The SMILES string of the molecule is Cc1c(-c2c(C(=O)Nc3ccc(O)cc3)c(C)n(C)c2-c2cc3c(cc2C(=O)N2Cc4ccccc4C[C@H]2CN2CCCCC2)CN(C(=O)Cc2ccc(OCCN4CCC(F)(F)C4)cc2)CC3)cc(C#N)n1C. The van der Waals surface area contributed by atoms with Crippen LogP contribution in [0.15, 0.2) is 91.0 Å². The number of halogens is 2. The molecule has 1 atom stereocenters. The highest BCUT2D eigenvalue weighted by atomic mass is 19.3. The molecule has 0 bridgehead atoms. The molecule has 4 aliphatic rings. The van der Waals surface area contributed by atoms with Gasteiger partial charge in [-0.05, 0) is 135 Å². The minimum Gasteiger partial charge on any atom is -0.508 e. The number of aromatic nitrogens is 2. The van der Waals surface area contributed by atoms with Gasteiger partial charge in [0.25, 0.3) is 17.7 Å². The molecule has 13 nitrogen and oxygen atoms in total. The van der Waals surface area contributed by atoms with E-state index in [1.807, 2.05) is 89.3 Å². The maximum Gasteiger partial charge on any atom is 0.261 e. The zero-order valence-corrected chi connectivity index (χ0v) is 42.7. The Labute approximate surface area is 431 Å². The highest BCUT2D eigenvalue weighted by Gasteiger charge is 2.39. The van der Waals surface area contributed by atoms with Gasteiger partial charge in [-0.25, -0.2) is 8.78 Å². The summed E-state index contributed by atoms with van der Waals surface area (Å²) in [5.74, 6) is -2.54. The van der Waals surface area contributed by atoms with E-state index in [0.29, 0.717) is 102 Å². The number of ether oxygens (including phenoxy) is 1. The summed E-state index contributed by atoms with van der Waals surface area (Å²) in [6.45, 7) is 8.51. The third kappa shape index (κ3) is 10.3. The minimum atomic E-state index is -2.65. The van der Waals surface area contributed by atoms with E-state index < -0.39 is 5.92 Å². The Balaban J connectivity index is 1.03. The van der Waals surface area contributed by atoms with Crippen LogP contribution >= 0.6 is 0 Å². The summed E-state index contributed by atoms with van der Waals surface area (Å²) in [6.07, 6.45) is 4.72. The van der Waals surface area contributed by atoms with E-state index in [9.17, 15) is 28.7 Å². The van der Waals surface area contributed by atoms with Crippen molar-refractivity contribution < 1.29 is 33.0 Å². The summed E-state index contributed by atoms with van der Waals surface area (Å²) >= 11 is 0. The molecule has 10 rings (SSSR count). The monoisotopic (exact) mass is 1000 g/mol. The van der Waals surface area contributed by atoms with Crippen LogP contribution in [0.3, 0.4) is 0 Å². The molecule has 2 N–H and O–H groups in total. The first-order valence-corrected chi connectivity index (χ1v) is 25.9. The Morgan fingerprint density at radius 3 is 2.26 bits per heavy atom. The number of aromatic hydroxyl groups is 1. The number of carbonyl (C=O) groups excluding carboxylic acids is 3. The van der Waals surface area contributed by atoms with Crippen LogP contribution in [0.4, 0.5) is 14.5 Å². The van der Waals surface area contributed by atoms with Crippen LogP contribution in [0, 0.1) is 25.2 Å². The predicted octanol–water partition coefficient (Wildman–Crippen LogP) is 9.04. The number of rotatable bonds is 13. The molecule has 2 saturated heterocycles. The predicted molar refractivity (Wildman–Crippen MR) is 280 cm³/mol. The maximum absolute atomic E-state index is 16.0. The van der Waals surface area contributed by atoms with Crippen molar-refractivity contribution in [2.24, 2.45) is 14.1 Å². The van der Waals surface area contributed by atoms with Gasteiger partial charge in [-0.2, -0.15) is 5.26 Å². The van der Waals surface area contributed by atoms with Crippen LogP contribution in [0.1, 0.15) is 91.3 Å². The minimum absolute atomic E-state index is 0.0528. The van der Waals surface area contributed by atoms with Gasteiger partial charge in [0.1, 0.15) is 29.9 Å². The fourth-order valence-electron chi connectivity index (χ4n) is 11.5. The van der Waals surface area contributed by atoms with Crippen molar-refractivity contribution >= 4 is 23.4 Å². The number of piperidine rings is 1. The lowest BCUT2D eigenvalue weighted by molar-refractivity contribution is -0.131. The fourth-order valence-corrected chi connectivity index (χ4v) is 11.5. The van der Waals surface area contributed by atoms with Crippen molar-refractivity contribution in [1.82, 2.24) is 28.7 Å². The van der Waals surface area contributed by atoms with Gasteiger partial charge >= 0.3 is 0 Å². The van der Waals surface area contributed by atoms with E-state index in [2.05, 4.69) is 40.6 Å². The van der Waals surface area contributed by atoms with Gasteiger partial charge in [0, 0.05) is 105 Å². The largest absolute Gasteiger partial charge is 0.508 e. The van der Waals surface area contributed by atoms with Gasteiger partial charge < -0.3 is 39.0 Å². The highest BCUT2D eigenvalue weighted by molar-refractivity contribution is 6.14. The van der Waals surface area contributed by atoms with Crippen molar-refractivity contribution in [3.63, 3.8) is 0 Å². The molecule has 2 aromatic heterocycles. The van der Waals surface area contributed by atoms with Crippen LogP contribution < -0.4 is 10.1 Å². The van der Waals surface area contributed by atoms with E-state index in [1.165, 1.54) is 24.1 Å². The molecule has 0 saturated carbocycles. The summed E-state index contributed by atoms with van der Waals surface area (Å²) in [5.41, 5.74) is 10.9. The number of phenols is 1. The molecule has 3 amide bonds. The number of benzene rings is 4. The first-order valence-electron chi connectivity index (χ1n) is 25.9. The summed E-state index contributed by atoms with van der Waals surface area (Å²) in [4.78, 5) is 53.1. The number of nitriles is 1. The standard InChI is InChI=1S/C59H64F2N8O5/c1-38-50(32-46(33-62)64(38)3)55-54(57(72)63-45-14-16-48(70)17-15-45)39(2)65(4)56(55)51-30-42-20-24-68(53(71)28-40-12-18-49(19-13-40)74-27-26-67-25-21-59(60,61)37-67)34-44(42)31-52(51)58(73)69-35-43-11-7-6-10-41(43)29-47(69)36-66-22-8-5-9-23-66/h6-7,10-19,30-32,47,70H,5,8-9,20-29,34-37H2,1-4H3,(H,63,72)/t47-/m0/s1. The van der Waals surface area contributed by atoms with Crippen molar-refractivity contribution in [1.29, 1.82) is 5.26 Å². The van der Waals surface area contributed by atoms with Crippen LogP contribution in [-0.4, -0.2) is 116 Å². The van der Waals surface area contributed by atoms with E-state index in [4.69, 9.17) is 4.74 Å². The lowest BCUT2D eigenvalue weighted by atomic mass is 9.87. The van der Waals surface area contributed by atoms with Crippen LogP contribution in [0.5, 0.6) is 11.5 Å². The third-order valence-electron chi connectivity index (χ3n) is 15.9. The molecule has 0 radical (unpaired) electrons. The molecule has 74 heavy (non-hydrogen) atoms. The summed E-state index contributed by atoms with van der Waals surface area (Å²) < 4.78 is 37.0. The molecule has 4 aliphatic heterocycles. The van der Waals surface area contributed by atoms with Crippen LogP contribution in [0.25, 0.3) is 22.4 Å². The second-order valence-electron chi connectivity index (χ2n) is 20.6. The van der Waals surface area contributed by atoms with Gasteiger partial charge in [-0.15, -0.1) is 0 Å². The van der Waals surface area contributed by atoms with Gasteiger partial charge in [-0.3, -0.25) is 19.3 Å². The molecule has 0 unspecified atom stereocenters. The molecule has 6 aromatic rings. The average molecular weight is 1000 g/mol. The molecule has 6 heterocycles. The molecule has 0 spiro atoms. The zero-order valence-electron chi connectivity index (χ0n) is 42.7. The smallest absolute Gasteiger partial charge is 0.261 e. The lowest BCUT2D eigenvalue weighted by Crippen LogP contribution is -2.51. The average Bonchev–Trinajstić information content (AvgIpc) is 4.01. The van der Waals surface area contributed by atoms with E-state index in [1.54, 1.807) is 17.0 Å². The van der Waals surface area contributed by atoms with Crippen molar-refractivity contribution in [3.05, 3.63) is 147 Å². The number of phenolic OH excluding ortho intramolecular Hbond substituents is 1. The highest BCUT2D eigenvalue weighted by Crippen LogP contribution is 2.44. The van der Waals surface area contributed by atoms with Crippen LogP contribution in [-0.2, 0) is 51.2 Å². The Hall–Kier alpha value is -7.28. The summed E-state index contributed by atoms with van der Waals surface area (Å²) in [5, 5.41) is 23.4. The Morgan fingerprint density at radius 2 is 1.55 bits per heavy atom. The first-order chi connectivity index (χ1) is 35.6. The van der Waals surface area contributed by atoms with Crippen molar-refractivity contribution in [2.75, 3.05) is 57.7 Å². The quantitative estimate of drug-likeness (QED) is 0.109. The normalized spacial score (nSPS) is 17.7. The van der Waals surface area contributed by atoms with E-state index in [0.717, 1.165) is 60.4 Å². The molecule has 4 aromatic carbocycles. The molecule has 2 fully saturated rings. The molecule has 0 aliphatic carbocycles. The van der Waals surface area contributed by atoms with Gasteiger partial charge in [-0.1, -0.05) is 42.8 Å². The van der Waals surface area contributed by atoms with E-state index in [-0.39, 0.29) is 55.5 Å². The molecular formula is C59H64F2N8O5.